The second-order valence-electron chi connectivity index (χ2n) is 5.63. The number of rotatable bonds is 9. The molecule has 0 aliphatic rings. The topological polar surface area (TPSA) is 80.3 Å². The quantitative estimate of drug-likeness (QED) is 0.330. The molecule has 0 saturated heterocycles. The van der Waals surface area contributed by atoms with E-state index >= 15 is 0 Å². The maximum atomic E-state index is 12.6. The first-order chi connectivity index (χ1) is 12.1. The zero-order valence-electron chi connectivity index (χ0n) is 14.0. The van der Waals surface area contributed by atoms with E-state index in [1.54, 1.807) is 34.9 Å². The van der Waals surface area contributed by atoms with Crippen LogP contribution in [0.25, 0.3) is 0 Å². The maximum absolute atomic E-state index is 12.6. The van der Waals surface area contributed by atoms with Gasteiger partial charge in [0, 0.05) is 6.54 Å². The molecule has 7 nitrogen and oxygen atoms in total. The van der Waals surface area contributed by atoms with E-state index in [-0.39, 0.29) is 6.42 Å². The summed E-state index contributed by atoms with van der Waals surface area (Å²) in [6.45, 7) is -0.908. The third kappa shape index (κ3) is 5.81. The van der Waals surface area contributed by atoms with Crippen molar-refractivity contribution >= 4 is 20.0 Å². The van der Waals surface area contributed by atoms with Crippen molar-refractivity contribution in [2.45, 2.75) is 43.2 Å². The Morgan fingerprint density at radius 2 is 1.37 bits per heavy atom. The first-order valence-corrected chi connectivity index (χ1v) is 10.4. The van der Waals surface area contributed by atoms with Crippen molar-refractivity contribution in [2.75, 3.05) is 6.54 Å². The van der Waals surface area contributed by atoms with Crippen molar-refractivity contribution < 1.29 is 47.7 Å². The molecule has 1 aromatic rings. The van der Waals surface area contributed by atoms with Crippen molar-refractivity contribution in [3.05, 3.63) is 18.7 Å². The van der Waals surface area contributed by atoms with Crippen LogP contribution in [0.15, 0.2) is 18.7 Å². The Morgan fingerprint density at radius 3 is 1.78 bits per heavy atom. The lowest BCUT2D eigenvalue weighted by molar-refractivity contribution is -0.671. The highest BCUT2D eigenvalue weighted by atomic mass is 32.3. The van der Waals surface area contributed by atoms with Crippen LogP contribution in [0.1, 0.15) is 25.7 Å². The third-order valence-corrected chi connectivity index (χ3v) is 7.24. The van der Waals surface area contributed by atoms with Crippen LogP contribution in [0.2, 0.25) is 0 Å². The Kier molecular flexibility index (Phi) is 7.32. The molecule has 0 radical (unpaired) electrons. The summed E-state index contributed by atoms with van der Waals surface area (Å²) < 4.78 is 122. The van der Waals surface area contributed by atoms with Crippen LogP contribution in [-0.2, 0) is 33.6 Å². The Bertz CT molecular complexity index is 786. The molecule has 0 aliphatic heterocycles. The molecule has 27 heavy (non-hydrogen) atoms. The van der Waals surface area contributed by atoms with Gasteiger partial charge in [-0.05, 0) is 19.3 Å². The first kappa shape index (κ1) is 23.7. The van der Waals surface area contributed by atoms with E-state index in [0.29, 0.717) is 19.4 Å². The fourth-order valence-corrected chi connectivity index (χ4v) is 4.86. The van der Waals surface area contributed by atoms with Crippen molar-refractivity contribution in [3.63, 3.8) is 0 Å². The normalized spacial score (nSPS) is 14.1. The molecule has 0 amide bonds. The molecule has 0 bridgehead atoms. The third-order valence-electron chi connectivity index (χ3n) is 3.45. The number of aromatic nitrogens is 2. The molecule has 158 valence electrons. The molecule has 0 unspecified atom stereocenters. The van der Waals surface area contributed by atoms with E-state index in [1.165, 1.54) is 0 Å². The molecule has 0 N–H and O–H groups in total. The minimum atomic E-state index is -6.69. The second-order valence-corrected chi connectivity index (χ2v) is 9.57. The van der Waals surface area contributed by atoms with Crippen LogP contribution in [-0.4, -0.2) is 42.7 Å². The van der Waals surface area contributed by atoms with Crippen LogP contribution in [0.3, 0.4) is 0 Å². The lowest BCUT2D eigenvalue weighted by atomic mass is 10.2. The summed E-state index contributed by atoms with van der Waals surface area (Å²) in [5, 5.41) is 0. The molecule has 1 heterocycles. The van der Waals surface area contributed by atoms with Crippen LogP contribution < -0.4 is 4.57 Å². The summed E-state index contributed by atoms with van der Waals surface area (Å²) in [5.74, 6) is 0. The zero-order valence-corrected chi connectivity index (χ0v) is 15.7. The fraction of sp³-hybridized carbons (Fsp3) is 0.750. The minimum Gasteiger partial charge on any atom is -0.240 e. The zero-order chi connectivity index (χ0) is 21.1. The lowest BCUT2D eigenvalue weighted by Crippen LogP contribution is -2.49. The molecule has 0 atom stereocenters. The molecule has 0 aliphatic carbocycles. The van der Waals surface area contributed by atoms with E-state index < -0.39 is 47.7 Å². The number of sulfonamides is 2. The number of imidazole rings is 1. The number of hydrogen-bond acceptors (Lipinski definition) is 4. The van der Waals surface area contributed by atoms with Crippen molar-refractivity contribution in [1.82, 2.24) is 8.28 Å². The van der Waals surface area contributed by atoms with Gasteiger partial charge in [0.05, 0.1) is 13.6 Å². The van der Waals surface area contributed by atoms with E-state index in [9.17, 15) is 43.2 Å². The van der Waals surface area contributed by atoms with E-state index in [4.69, 9.17) is 0 Å². The first-order valence-electron chi connectivity index (χ1n) is 7.52. The summed E-state index contributed by atoms with van der Waals surface area (Å²) >= 11 is 0. The molecule has 1 rings (SSSR count). The highest BCUT2D eigenvalue weighted by Gasteiger charge is 2.61. The molecule has 0 saturated carbocycles. The number of nitrogens with zero attached hydrogens (tertiary/aromatic N) is 3. The number of unbranched alkanes of at least 4 members (excludes halogenated alkanes) is 3. The maximum Gasteiger partial charge on any atom is 0.512 e. The van der Waals surface area contributed by atoms with E-state index in [0.717, 1.165) is 0 Å². The average molecular weight is 446 g/mol. The second kappa shape index (κ2) is 8.34. The van der Waals surface area contributed by atoms with Crippen molar-refractivity contribution in [1.29, 1.82) is 0 Å². The summed E-state index contributed by atoms with van der Waals surface area (Å²) in [6, 6.07) is 0. The molecule has 0 spiro atoms. The minimum absolute atomic E-state index is 0.0463. The Balaban J connectivity index is 2.73. The smallest absolute Gasteiger partial charge is 0.240 e. The van der Waals surface area contributed by atoms with Crippen LogP contribution >= 0.6 is 0 Å². The number of hydrogen-bond donors (Lipinski definition) is 0. The van der Waals surface area contributed by atoms with Gasteiger partial charge in [-0.15, -0.1) is 0 Å². The largest absolute Gasteiger partial charge is 0.512 e. The van der Waals surface area contributed by atoms with Gasteiger partial charge >= 0.3 is 31.1 Å². The Labute approximate surface area is 152 Å². The van der Waals surface area contributed by atoms with Crippen LogP contribution in [0.5, 0.6) is 0 Å². The Morgan fingerprint density at radius 1 is 0.889 bits per heavy atom. The highest BCUT2D eigenvalue weighted by molar-refractivity contribution is 8.04. The van der Waals surface area contributed by atoms with Gasteiger partial charge in [0.15, 0.2) is 0 Å². The lowest BCUT2D eigenvalue weighted by Gasteiger charge is -2.23. The molecule has 0 fully saturated rings. The average Bonchev–Trinajstić information content (AvgIpc) is 2.89. The number of halogens is 6. The molecule has 1 aromatic heterocycles. The molecule has 0 aromatic carbocycles. The van der Waals surface area contributed by atoms with Crippen LogP contribution in [0.4, 0.5) is 26.3 Å². The summed E-state index contributed by atoms with van der Waals surface area (Å²) in [6.07, 6.45) is 5.72. The number of alkyl halides is 6. The van der Waals surface area contributed by atoms with Gasteiger partial charge in [-0.2, -0.15) is 26.3 Å². The molecular weight excluding hydrogens is 428 g/mol. The summed E-state index contributed by atoms with van der Waals surface area (Å²) in [7, 11) is -11.6. The predicted octanol–water partition coefficient (Wildman–Crippen LogP) is 1.87. The van der Waals surface area contributed by atoms with Crippen LogP contribution in [0, 0.1) is 0 Å². The van der Waals surface area contributed by atoms with Gasteiger partial charge in [0.2, 0.25) is 6.33 Å². The van der Waals surface area contributed by atoms with E-state index in [1.807, 2.05) is 0 Å². The summed E-state index contributed by atoms with van der Waals surface area (Å²) in [4.78, 5) is 0. The highest BCUT2D eigenvalue weighted by Crippen LogP contribution is 2.35. The van der Waals surface area contributed by atoms with Gasteiger partial charge in [-0.25, -0.2) is 26.0 Å². The monoisotopic (exact) mass is 446 g/mol. The number of aryl methyl sites for hydroxylation is 2. The Hall–Kier alpha value is -1.35. The molecular formula is C12H18F6N3O4S2+. The molecule has 15 heteroatoms. The van der Waals surface area contributed by atoms with Gasteiger partial charge < -0.3 is 0 Å². The van der Waals surface area contributed by atoms with Gasteiger partial charge in [0.25, 0.3) is 0 Å². The van der Waals surface area contributed by atoms with Gasteiger partial charge in [0.1, 0.15) is 12.4 Å². The fourth-order valence-electron chi connectivity index (χ4n) is 2.12. The standard InChI is InChI=1S/C12H18F6N3O4S2/c1-19-8-9-20(10-19)6-4-2-3-5-7-21(26(22,23)11(13,14)15)27(24,25)12(16,17)18/h8-10H,2-7H2,1H3/q+1. The predicted molar refractivity (Wildman–Crippen MR) is 80.7 cm³/mol. The van der Waals surface area contributed by atoms with Crippen molar-refractivity contribution in [2.24, 2.45) is 7.05 Å². The van der Waals surface area contributed by atoms with Crippen molar-refractivity contribution in [3.8, 4) is 0 Å². The van der Waals surface area contributed by atoms with Gasteiger partial charge in [-0.1, -0.05) is 10.1 Å². The SMILES string of the molecule is C[n+]1ccn(CCCCCCN(S(=O)(=O)C(F)(F)F)S(=O)(=O)C(F)(F)F)c1. The summed E-state index contributed by atoms with van der Waals surface area (Å²) in [5.41, 5.74) is -12.3. The van der Waals surface area contributed by atoms with Gasteiger partial charge in [-0.3, -0.25) is 0 Å². The van der Waals surface area contributed by atoms with E-state index in [2.05, 4.69) is 0 Å².